The second kappa shape index (κ2) is 7.45. The first-order valence-corrected chi connectivity index (χ1v) is 8.58. The molecule has 22 heavy (non-hydrogen) atoms. The maximum absolute atomic E-state index is 13.1. The molecule has 0 spiro atoms. The molecule has 1 heterocycles. The van der Waals surface area contributed by atoms with Crippen molar-refractivity contribution in [3.63, 3.8) is 0 Å². The molecule has 124 valence electrons. The van der Waals surface area contributed by atoms with Crippen molar-refractivity contribution < 1.29 is 27.0 Å². The highest BCUT2D eigenvalue weighted by atomic mass is 32.2. The molecule has 1 aromatic rings. The summed E-state index contributed by atoms with van der Waals surface area (Å²) >= 11 is 0. The Morgan fingerprint density at radius 1 is 1.23 bits per heavy atom. The van der Waals surface area contributed by atoms with Gasteiger partial charge in [-0.05, 0) is 37.3 Å². The van der Waals surface area contributed by atoms with Crippen LogP contribution in [0, 0.1) is 17.6 Å². The van der Waals surface area contributed by atoms with Gasteiger partial charge in [0.05, 0.1) is 11.0 Å². The molecule has 5 nitrogen and oxygen atoms in total. The fourth-order valence-electron chi connectivity index (χ4n) is 2.44. The number of benzene rings is 1. The summed E-state index contributed by atoms with van der Waals surface area (Å²) in [6, 6.07) is 2.11. The monoisotopic (exact) mass is 335 g/mol. The van der Waals surface area contributed by atoms with E-state index in [2.05, 4.69) is 4.72 Å². The Hall–Kier alpha value is -1.09. The summed E-state index contributed by atoms with van der Waals surface area (Å²) in [5.74, 6) is -1.82. The van der Waals surface area contributed by atoms with E-state index in [0.29, 0.717) is 19.3 Å². The van der Waals surface area contributed by atoms with Crippen molar-refractivity contribution in [1.82, 2.24) is 4.72 Å². The van der Waals surface area contributed by atoms with Crippen molar-refractivity contribution >= 4 is 10.0 Å². The molecule has 2 N–H and O–H groups in total. The third-order valence-electron chi connectivity index (χ3n) is 3.69. The number of rotatable bonds is 6. The highest BCUT2D eigenvalue weighted by Gasteiger charge is 2.23. The Kier molecular flexibility index (Phi) is 5.85. The first kappa shape index (κ1) is 17.3. The van der Waals surface area contributed by atoms with Crippen LogP contribution in [0.25, 0.3) is 0 Å². The molecule has 8 heteroatoms. The van der Waals surface area contributed by atoms with Gasteiger partial charge in [0.1, 0.15) is 11.6 Å². The predicted octanol–water partition coefficient (Wildman–Crippen LogP) is 1.42. The highest BCUT2D eigenvalue weighted by Crippen LogP contribution is 2.20. The van der Waals surface area contributed by atoms with Gasteiger partial charge in [0.15, 0.2) is 0 Å². The summed E-state index contributed by atoms with van der Waals surface area (Å²) in [5, 5.41) is 10.0. The number of hydrogen-bond acceptors (Lipinski definition) is 4. The van der Waals surface area contributed by atoms with Crippen molar-refractivity contribution in [2.24, 2.45) is 5.92 Å². The number of aliphatic hydroxyl groups excluding tert-OH is 1. The lowest BCUT2D eigenvalue weighted by Gasteiger charge is -2.26. The van der Waals surface area contributed by atoms with E-state index in [9.17, 15) is 22.3 Å². The van der Waals surface area contributed by atoms with Gasteiger partial charge in [-0.3, -0.25) is 0 Å². The lowest BCUT2D eigenvalue weighted by atomic mass is 9.92. The van der Waals surface area contributed by atoms with Crippen LogP contribution >= 0.6 is 0 Å². The number of halogens is 2. The molecule has 1 saturated heterocycles. The predicted molar refractivity (Wildman–Crippen MR) is 75.7 cm³/mol. The lowest BCUT2D eigenvalue weighted by Crippen LogP contribution is -2.32. The molecular weight excluding hydrogens is 316 g/mol. The van der Waals surface area contributed by atoms with Crippen molar-refractivity contribution in [2.75, 3.05) is 19.8 Å². The largest absolute Gasteiger partial charge is 0.393 e. The zero-order valence-corrected chi connectivity index (χ0v) is 12.8. The van der Waals surface area contributed by atoms with Gasteiger partial charge in [-0.1, -0.05) is 0 Å². The number of hydrogen-bond donors (Lipinski definition) is 2. The fourth-order valence-corrected chi connectivity index (χ4v) is 3.53. The van der Waals surface area contributed by atoms with Crippen LogP contribution < -0.4 is 4.72 Å². The van der Waals surface area contributed by atoms with Crippen LogP contribution in [0.1, 0.15) is 19.3 Å². The van der Waals surface area contributed by atoms with Crippen LogP contribution in [-0.2, 0) is 14.8 Å². The van der Waals surface area contributed by atoms with Gasteiger partial charge in [0, 0.05) is 25.8 Å². The average Bonchev–Trinajstić information content (AvgIpc) is 2.47. The topological polar surface area (TPSA) is 75.6 Å². The van der Waals surface area contributed by atoms with Crippen molar-refractivity contribution in [1.29, 1.82) is 0 Å². The second-order valence-electron chi connectivity index (χ2n) is 5.31. The Labute approximate surface area is 128 Å². The van der Waals surface area contributed by atoms with Gasteiger partial charge >= 0.3 is 0 Å². The van der Waals surface area contributed by atoms with Crippen LogP contribution in [-0.4, -0.2) is 39.4 Å². The highest BCUT2D eigenvalue weighted by molar-refractivity contribution is 7.89. The van der Waals surface area contributed by atoms with E-state index in [1.165, 1.54) is 0 Å². The maximum Gasteiger partial charge on any atom is 0.240 e. The first-order chi connectivity index (χ1) is 10.4. The molecule has 1 aliphatic heterocycles. The molecule has 1 atom stereocenters. The van der Waals surface area contributed by atoms with Crippen molar-refractivity contribution in [3.8, 4) is 0 Å². The third kappa shape index (κ3) is 4.70. The Morgan fingerprint density at radius 2 is 1.82 bits per heavy atom. The molecule has 0 aromatic heterocycles. The molecular formula is C14H19F2NO4S. The van der Waals surface area contributed by atoms with Crippen LogP contribution in [0.2, 0.25) is 0 Å². The Morgan fingerprint density at radius 3 is 2.41 bits per heavy atom. The van der Waals surface area contributed by atoms with Crippen LogP contribution in [0.15, 0.2) is 23.1 Å². The number of sulfonamides is 1. The molecule has 1 aliphatic rings. The minimum Gasteiger partial charge on any atom is -0.393 e. The van der Waals surface area contributed by atoms with Crippen LogP contribution in [0.3, 0.4) is 0 Å². The minimum atomic E-state index is -4.00. The normalized spacial score (nSPS) is 18.3. The molecule has 2 rings (SSSR count). The zero-order valence-electron chi connectivity index (χ0n) is 12.0. The van der Waals surface area contributed by atoms with Crippen LogP contribution in [0.5, 0.6) is 0 Å². The minimum absolute atomic E-state index is 0.00100. The molecule has 0 bridgehead atoms. The molecule has 0 aliphatic carbocycles. The van der Waals surface area contributed by atoms with E-state index in [-0.39, 0.29) is 18.9 Å². The van der Waals surface area contributed by atoms with Gasteiger partial charge in [-0.15, -0.1) is 0 Å². The molecule has 0 unspecified atom stereocenters. The third-order valence-corrected chi connectivity index (χ3v) is 5.13. The molecule has 1 fully saturated rings. The summed E-state index contributed by atoms with van der Waals surface area (Å²) < 4.78 is 57.5. The first-order valence-electron chi connectivity index (χ1n) is 7.10. The second-order valence-corrected chi connectivity index (χ2v) is 7.08. The van der Waals surface area contributed by atoms with Crippen molar-refractivity contribution in [3.05, 3.63) is 29.8 Å². The zero-order chi connectivity index (χ0) is 16.2. The van der Waals surface area contributed by atoms with Crippen LogP contribution in [0.4, 0.5) is 8.78 Å². The Balaban J connectivity index is 1.89. The molecule has 0 saturated carbocycles. The molecule has 0 amide bonds. The number of aliphatic hydroxyl groups is 1. The lowest BCUT2D eigenvalue weighted by molar-refractivity contribution is 0.00567. The number of nitrogens with one attached hydrogen (secondary N) is 1. The molecule has 1 aromatic carbocycles. The summed E-state index contributed by atoms with van der Waals surface area (Å²) in [4.78, 5) is -0.467. The molecule has 0 radical (unpaired) electrons. The fraction of sp³-hybridized carbons (Fsp3) is 0.571. The van der Waals surface area contributed by atoms with E-state index in [4.69, 9.17) is 4.74 Å². The van der Waals surface area contributed by atoms with Gasteiger partial charge in [0.2, 0.25) is 10.0 Å². The maximum atomic E-state index is 13.1. The summed E-state index contributed by atoms with van der Waals surface area (Å²) in [6.07, 6.45) is 1.09. The summed E-state index contributed by atoms with van der Waals surface area (Å²) in [7, 11) is -4.00. The van der Waals surface area contributed by atoms with E-state index in [1.807, 2.05) is 0 Å². The summed E-state index contributed by atoms with van der Waals surface area (Å²) in [6.45, 7) is 1.19. The van der Waals surface area contributed by atoms with Gasteiger partial charge in [-0.2, -0.15) is 0 Å². The van der Waals surface area contributed by atoms with Gasteiger partial charge in [-0.25, -0.2) is 21.9 Å². The van der Waals surface area contributed by atoms with Crippen molar-refractivity contribution in [2.45, 2.75) is 30.3 Å². The van der Waals surface area contributed by atoms with E-state index < -0.39 is 32.7 Å². The van der Waals surface area contributed by atoms with Gasteiger partial charge in [0.25, 0.3) is 0 Å². The standard InChI is InChI=1S/C14H19F2NO4S/c15-11-7-12(16)9-13(8-11)22(19,20)17-4-1-14(18)10-2-5-21-6-3-10/h7-10,14,17-18H,1-6H2/t14-/m1/s1. The van der Waals surface area contributed by atoms with E-state index in [1.54, 1.807) is 0 Å². The smallest absolute Gasteiger partial charge is 0.240 e. The SMILES string of the molecule is O=S(=O)(NCC[C@@H](O)C1CCOCC1)c1cc(F)cc(F)c1. The van der Waals surface area contributed by atoms with E-state index in [0.717, 1.165) is 25.0 Å². The number of ether oxygens (including phenoxy) is 1. The average molecular weight is 335 g/mol. The quantitative estimate of drug-likeness (QED) is 0.824. The summed E-state index contributed by atoms with van der Waals surface area (Å²) in [5.41, 5.74) is 0. The Bertz CT molecular complexity index is 583. The van der Waals surface area contributed by atoms with Gasteiger partial charge < -0.3 is 9.84 Å². The van der Waals surface area contributed by atoms with E-state index >= 15 is 0 Å².